The van der Waals surface area contributed by atoms with E-state index in [1.165, 1.54) is 0 Å². The topological polar surface area (TPSA) is 68.6 Å². The van der Waals surface area contributed by atoms with Gasteiger partial charge in [-0.25, -0.2) is 4.79 Å². The second-order valence-electron chi connectivity index (χ2n) is 7.24. The van der Waals surface area contributed by atoms with Crippen molar-refractivity contribution in [2.24, 2.45) is 7.05 Å². The maximum atomic E-state index is 12.9. The van der Waals surface area contributed by atoms with Crippen molar-refractivity contribution in [1.29, 1.82) is 0 Å². The van der Waals surface area contributed by atoms with Crippen molar-refractivity contribution in [3.63, 3.8) is 0 Å². The van der Waals surface area contributed by atoms with Crippen LogP contribution in [0.3, 0.4) is 0 Å². The summed E-state index contributed by atoms with van der Waals surface area (Å²) in [6.45, 7) is 3.32. The highest BCUT2D eigenvalue weighted by Gasteiger charge is 2.36. The molecule has 7 heteroatoms. The van der Waals surface area contributed by atoms with Gasteiger partial charge in [0.25, 0.3) is 0 Å². The van der Waals surface area contributed by atoms with Gasteiger partial charge >= 0.3 is 6.03 Å². The van der Waals surface area contributed by atoms with Crippen LogP contribution in [-0.2, 0) is 16.5 Å². The molecule has 2 aliphatic heterocycles. The van der Waals surface area contributed by atoms with Gasteiger partial charge in [0.1, 0.15) is 5.69 Å². The highest BCUT2D eigenvalue weighted by molar-refractivity contribution is 5.93. The fourth-order valence-electron chi connectivity index (χ4n) is 3.82. The Morgan fingerprint density at radius 2 is 1.89 bits per heavy atom. The molecule has 1 N–H and O–H groups in total. The highest BCUT2D eigenvalue weighted by Crippen LogP contribution is 2.31. The first kappa shape index (κ1) is 18.0. The molecule has 0 atom stereocenters. The first-order valence-corrected chi connectivity index (χ1v) is 9.52. The standard InChI is InChI=1S/C20H26N4O3/c1-23-15-17(18(22-23)16-5-3-2-4-6-16)21-19(25)24-10-7-20(27-14-11-24)8-12-26-13-9-20/h2-6,15H,7-14H2,1H3,(H,21,25). The molecule has 2 aliphatic rings. The number of carbonyl (C=O) groups is 1. The summed E-state index contributed by atoms with van der Waals surface area (Å²) >= 11 is 0. The van der Waals surface area contributed by atoms with Crippen LogP contribution in [0.5, 0.6) is 0 Å². The lowest BCUT2D eigenvalue weighted by atomic mass is 9.90. The molecule has 27 heavy (non-hydrogen) atoms. The monoisotopic (exact) mass is 370 g/mol. The van der Waals surface area contributed by atoms with Gasteiger partial charge in [0.2, 0.25) is 0 Å². The maximum Gasteiger partial charge on any atom is 0.322 e. The summed E-state index contributed by atoms with van der Waals surface area (Å²) in [6, 6.07) is 9.78. The Morgan fingerprint density at radius 3 is 2.67 bits per heavy atom. The minimum atomic E-state index is -0.128. The number of ether oxygens (including phenoxy) is 2. The highest BCUT2D eigenvalue weighted by atomic mass is 16.5. The third-order valence-electron chi connectivity index (χ3n) is 5.42. The third kappa shape index (κ3) is 3.99. The van der Waals surface area contributed by atoms with E-state index in [1.807, 2.05) is 48.5 Å². The smallest absolute Gasteiger partial charge is 0.322 e. The number of urea groups is 1. The number of hydrogen-bond donors (Lipinski definition) is 1. The number of aromatic nitrogens is 2. The van der Waals surface area contributed by atoms with Gasteiger partial charge in [0.15, 0.2) is 0 Å². The van der Waals surface area contributed by atoms with Gasteiger partial charge < -0.3 is 19.7 Å². The van der Waals surface area contributed by atoms with Crippen molar-refractivity contribution in [3.8, 4) is 11.3 Å². The number of nitrogens with one attached hydrogen (secondary N) is 1. The van der Waals surface area contributed by atoms with Crippen LogP contribution >= 0.6 is 0 Å². The lowest BCUT2D eigenvalue weighted by Crippen LogP contribution is -2.40. The number of rotatable bonds is 2. The van der Waals surface area contributed by atoms with E-state index in [4.69, 9.17) is 9.47 Å². The van der Waals surface area contributed by atoms with E-state index in [2.05, 4.69) is 10.4 Å². The number of amides is 2. The van der Waals surface area contributed by atoms with E-state index in [9.17, 15) is 4.79 Å². The number of anilines is 1. The molecule has 0 unspecified atom stereocenters. The summed E-state index contributed by atoms with van der Waals surface area (Å²) in [5.41, 5.74) is 2.35. The van der Waals surface area contributed by atoms with E-state index >= 15 is 0 Å². The molecule has 144 valence electrons. The average Bonchev–Trinajstić information content (AvgIpc) is 2.93. The fourth-order valence-corrected chi connectivity index (χ4v) is 3.82. The Bertz CT molecular complexity index is 784. The van der Waals surface area contributed by atoms with Gasteiger partial charge in [-0.15, -0.1) is 0 Å². The van der Waals surface area contributed by atoms with Gasteiger partial charge in [0, 0.05) is 45.1 Å². The first-order valence-electron chi connectivity index (χ1n) is 9.52. The van der Waals surface area contributed by atoms with Crippen molar-refractivity contribution in [2.75, 3.05) is 38.2 Å². The molecule has 1 spiro atoms. The van der Waals surface area contributed by atoms with Crippen molar-refractivity contribution in [1.82, 2.24) is 14.7 Å². The Kier molecular flexibility index (Phi) is 5.13. The summed E-state index contributed by atoms with van der Waals surface area (Å²) in [5, 5.41) is 7.55. The Labute approximate surface area is 159 Å². The maximum absolute atomic E-state index is 12.9. The van der Waals surface area contributed by atoms with E-state index < -0.39 is 0 Å². The lowest BCUT2D eigenvalue weighted by Gasteiger charge is -2.35. The van der Waals surface area contributed by atoms with Crippen LogP contribution in [0.4, 0.5) is 10.5 Å². The molecular weight excluding hydrogens is 344 g/mol. The van der Waals surface area contributed by atoms with E-state index in [0.29, 0.717) is 19.7 Å². The summed E-state index contributed by atoms with van der Waals surface area (Å²) < 4.78 is 13.3. The van der Waals surface area contributed by atoms with Crippen LogP contribution in [0.25, 0.3) is 11.3 Å². The van der Waals surface area contributed by atoms with Gasteiger partial charge in [-0.2, -0.15) is 5.10 Å². The number of hydrogen-bond acceptors (Lipinski definition) is 4. The van der Waals surface area contributed by atoms with Crippen LogP contribution in [0, 0.1) is 0 Å². The quantitative estimate of drug-likeness (QED) is 0.883. The van der Waals surface area contributed by atoms with Crippen LogP contribution < -0.4 is 5.32 Å². The molecule has 0 saturated carbocycles. The molecule has 2 fully saturated rings. The second kappa shape index (κ2) is 7.70. The van der Waals surface area contributed by atoms with Crippen molar-refractivity contribution >= 4 is 11.7 Å². The first-order chi connectivity index (χ1) is 13.2. The van der Waals surface area contributed by atoms with E-state index in [1.54, 1.807) is 4.68 Å². The molecule has 1 aromatic carbocycles. The second-order valence-corrected chi connectivity index (χ2v) is 7.24. The summed E-state index contributed by atoms with van der Waals surface area (Å²) in [4.78, 5) is 14.7. The molecule has 3 heterocycles. The largest absolute Gasteiger partial charge is 0.381 e. The number of nitrogens with zero attached hydrogens (tertiary/aromatic N) is 3. The number of benzene rings is 1. The summed E-state index contributed by atoms with van der Waals surface area (Å²) in [5.74, 6) is 0. The molecule has 2 amide bonds. The van der Waals surface area contributed by atoms with Crippen molar-refractivity contribution < 1.29 is 14.3 Å². The third-order valence-corrected chi connectivity index (χ3v) is 5.42. The van der Waals surface area contributed by atoms with Gasteiger partial charge in [0.05, 0.1) is 17.9 Å². The van der Waals surface area contributed by atoms with Crippen LogP contribution in [0.15, 0.2) is 36.5 Å². The molecule has 4 rings (SSSR count). The van der Waals surface area contributed by atoms with Gasteiger partial charge in [-0.1, -0.05) is 30.3 Å². The van der Waals surface area contributed by atoms with Gasteiger partial charge in [-0.3, -0.25) is 4.68 Å². The molecule has 0 aliphatic carbocycles. The van der Waals surface area contributed by atoms with Crippen LogP contribution in [-0.4, -0.2) is 59.2 Å². The van der Waals surface area contributed by atoms with Crippen molar-refractivity contribution in [3.05, 3.63) is 36.5 Å². The normalized spacial score (nSPS) is 19.7. The zero-order valence-corrected chi connectivity index (χ0v) is 15.7. The van der Waals surface area contributed by atoms with Crippen molar-refractivity contribution in [2.45, 2.75) is 24.9 Å². The zero-order valence-electron chi connectivity index (χ0n) is 15.7. The molecule has 7 nitrogen and oxygen atoms in total. The summed E-state index contributed by atoms with van der Waals surface area (Å²) in [6.07, 6.45) is 4.50. The van der Waals surface area contributed by atoms with Crippen LogP contribution in [0.1, 0.15) is 19.3 Å². The fraction of sp³-hybridized carbons (Fsp3) is 0.500. The molecule has 2 aromatic rings. The van der Waals surface area contributed by atoms with E-state index in [0.717, 1.165) is 49.4 Å². The number of carbonyl (C=O) groups excluding carboxylic acids is 1. The molecule has 1 aromatic heterocycles. The Morgan fingerprint density at radius 1 is 1.11 bits per heavy atom. The summed E-state index contributed by atoms with van der Waals surface area (Å²) in [7, 11) is 1.86. The molecular formula is C20H26N4O3. The lowest BCUT2D eigenvalue weighted by molar-refractivity contribution is -0.105. The molecule has 0 radical (unpaired) electrons. The Hall–Kier alpha value is -2.38. The minimum Gasteiger partial charge on any atom is -0.381 e. The number of aryl methyl sites for hydroxylation is 1. The SMILES string of the molecule is Cn1cc(NC(=O)N2CCOC3(CCOCC3)CC2)c(-c2ccccc2)n1. The average molecular weight is 370 g/mol. The van der Waals surface area contributed by atoms with E-state index in [-0.39, 0.29) is 11.6 Å². The predicted molar refractivity (Wildman–Crippen MR) is 103 cm³/mol. The van der Waals surface area contributed by atoms with Gasteiger partial charge in [-0.05, 0) is 19.3 Å². The molecule has 0 bridgehead atoms. The predicted octanol–water partition coefficient (Wildman–Crippen LogP) is 2.89. The Balaban J connectivity index is 1.45. The minimum absolute atomic E-state index is 0.104. The van der Waals surface area contributed by atoms with Crippen LogP contribution in [0.2, 0.25) is 0 Å². The molecule has 2 saturated heterocycles. The zero-order chi connectivity index (χ0) is 18.7.